The highest BCUT2D eigenvalue weighted by molar-refractivity contribution is 5.89. The summed E-state index contributed by atoms with van der Waals surface area (Å²) in [5.74, 6) is 0.745. The molecule has 1 fully saturated rings. The Morgan fingerprint density at radius 3 is 2.96 bits per heavy atom. The van der Waals surface area contributed by atoms with Gasteiger partial charge in [-0.15, -0.1) is 10.2 Å². The molecule has 0 saturated carbocycles. The molecule has 0 bridgehead atoms. The van der Waals surface area contributed by atoms with Gasteiger partial charge in [0.1, 0.15) is 5.75 Å². The van der Waals surface area contributed by atoms with Crippen molar-refractivity contribution >= 4 is 11.8 Å². The van der Waals surface area contributed by atoms with Crippen molar-refractivity contribution in [2.75, 3.05) is 13.7 Å². The Balaban J connectivity index is 1.59. The number of aromatic nitrogens is 2. The van der Waals surface area contributed by atoms with Crippen LogP contribution >= 0.6 is 0 Å². The predicted molar refractivity (Wildman–Crippen MR) is 92.6 cm³/mol. The van der Waals surface area contributed by atoms with Crippen molar-refractivity contribution in [2.24, 2.45) is 0 Å². The van der Waals surface area contributed by atoms with E-state index in [1.165, 1.54) is 0 Å². The van der Waals surface area contributed by atoms with Gasteiger partial charge in [-0.3, -0.25) is 9.59 Å². The Bertz CT molecular complexity index is 789. The number of hydrogen-bond donors (Lipinski definition) is 1. The minimum Gasteiger partial charge on any atom is -0.497 e. The number of hydrogen-bond acceptors (Lipinski definition) is 6. The van der Waals surface area contributed by atoms with Gasteiger partial charge in [0.15, 0.2) is 0 Å². The Morgan fingerprint density at radius 2 is 2.23 bits per heavy atom. The van der Waals surface area contributed by atoms with Crippen LogP contribution < -0.4 is 10.1 Å². The van der Waals surface area contributed by atoms with Crippen LogP contribution in [-0.4, -0.2) is 46.6 Å². The zero-order valence-electron chi connectivity index (χ0n) is 14.9. The molecule has 8 heteroatoms. The van der Waals surface area contributed by atoms with Crippen molar-refractivity contribution < 1.29 is 18.7 Å². The molecule has 0 aliphatic carbocycles. The smallest absolute Gasteiger partial charge is 0.309 e. The summed E-state index contributed by atoms with van der Waals surface area (Å²) >= 11 is 0. The molecular weight excluding hydrogens is 336 g/mol. The van der Waals surface area contributed by atoms with E-state index in [0.717, 1.165) is 11.3 Å². The van der Waals surface area contributed by atoms with Gasteiger partial charge in [-0.2, -0.15) is 0 Å². The first-order chi connectivity index (χ1) is 12.5. The zero-order chi connectivity index (χ0) is 18.5. The van der Waals surface area contributed by atoms with Gasteiger partial charge in [-0.05, 0) is 30.5 Å². The normalized spacial score (nSPS) is 17.7. The molecular formula is C18H22N4O4. The molecule has 1 atom stereocenters. The van der Waals surface area contributed by atoms with Crippen molar-refractivity contribution in [2.45, 2.75) is 38.8 Å². The number of ether oxygens (including phenoxy) is 1. The number of methoxy groups -OCH3 is 1. The monoisotopic (exact) mass is 358 g/mol. The van der Waals surface area contributed by atoms with Gasteiger partial charge in [-0.1, -0.05) is 12.1 Å². The highest BCUT2D eigenvalue weighted by atomic mass is 16.5. The predicted octanol–water partition coefficient (Wildman–Crippen LogP) is 1.70. The van der Waals surface area contributed by atoms with Gasteiger partial charge in [0.25, 0.3) is 0 Å². The molecule has 1 unspecified atom stereocenters. The first-order valence-corrected chi connectivity index (χ1v) is 8.57. The Labute approximate surface area is 151 Å². The minimum absolute atomic E-state index is 0.0497. The second-order valence-electron chi connectivity index (χ2n) is 6.29. The van der Waals surface area contributed by atoms with Crippen LogP contribution in [0.4, 0.5) is 0 Å². The van der Waals surface area contributed by atoms with Crippen LogP contribution in [0, 0.1) is 6.92 Å². The van der Waals surface area contributed by atoms with Crippen molar-refractivity contribution in [3.05, 3.63) is 41.6 Å². The van der Waals surface area contributed by atoms with Crippen LogP contribution in [0.3, 0.4) is 0 Å². The van der Waals surface area contributed by atoms with Crippen molar-refractivity contribution in [1.82, 2.24) is 20.4 Å². The fourth-order valence-corrected chi connectivity index (χ4v) is 2.97. The van der Waals surface area contributed by atoms with E-state index < -0.39 is 5.91 Å². The second-order valence-corrected chi connectivity index (χ2v) is 6.29. The van der Waals surface area contributed by atoms with Crippen molar-refractivity contribution in [3.63, 3.8) is 0 Å². The molecule has 26 heavy (non-hydrogen) atoms. The van der Waals surface area contributed by atoms with E-state index in [9.17, 15) is 9.59 Å². The molecule has 2 amide bonds. The van der Waals surface area contributed by atoms with Crippen molar-refractivity contribution in [1.29, 1.82) is 0 Å². The number of aryl methyl sites for hydroxylation is 1. The van der Waals surface area contributed by atoms with E-state index in [4.69, 9.17) is 9.15 Å². The first-order valence-electron chi connectivity index (χ1n) is 8.57. The third-order valence-electron chi connectivity index (χ3n) is 4.37. The molecule has 0 radical (unpaired) electrons. The van der Waals surface area contributed by atoms with Gasteiger partial charge < -0.3 is 19.4 Å². The molecule has 3 rings (SSSR count). The van der Waals surface area contributed by atoms with E-state index >= 15 is 0 Å². The van der Waals surface area contributed by atoms with Crippen LogP contribution in [0.1, 0.15) is 41.4 Å². The molecule has 2 aromatic rings. The summed E-state index contributed by atoms with van der Waals surface area (Å²) < 4.78 is 10.4. The summed E-state index contributed by atoms with van der Waals surface area (Å²) in [5, 5.41) is 10.3. The lowest BCUT2D eigenvalue weighted by Gasteiger charge is -2.21. The maximum Gasteiger partial charge on any atom is 0.309 e. The third kappa shape index (κ3) is 4.38. The lowest BCUT2D eigenvalue weighted by atomic mass is 10.1. The summed E-state index contributed by atoms with van der Waals surface area (Å²) in [6.07, 6.45) is 1.65. The molecule has 8 nitrogen and oxygen atoms in total. The van der Waals surface area contributed by atoms with Gasteiger partial charge in [0.2, 0.25) is 11.8 Å². The average Bonchev–Trinajstić information content (AvgIpc) is 3.01. The van der Waals surface area contributed by atoms with Crippen LogP contribution in [0.15, 0.2) is 28.7 Å². The molecule has 1 saturated heterocycles. The van der Waals surface area contributed by atoms with E-state index in [1.54, 1.807) is 14.0 Å². The molecule has 1 aliphatic heterocycles. The lowest BCUT2D eigenvalue weighted by Crippen LogP contribution is -2.36. The number of carbonyl (C=O) groups excluding carboxylic acids is 2. The summed E-state index contributed by atoms with van der Waals surface area (Å²) in [6, 6.07) is 7.58. The van der Waals surface area contributed by atoms with Gasteiger partial charge >= 0.3 is 11.8 Å². The molecule has 1 aromatic carbocycles. The average molecular weight is 358 g/mol. The van der Waals surface area contributed by atoms with Crippen LogP contribution in [0.5, 0.6) is 5.75 Å². The summed E-state index contributed by atoms with van der Waals surface area (Å²) in [6.45, 7) is 2.73. The second kappa shape index (κ2) is 7.99. The van der Waals surface area contributed by atoms with E-state index in [1.807, 2.05) is 29.2 Å². The summed E-state index contributed by atoms with van der Waals surface area (Å²) in [5.41, 5.74) is 1.02. The fraction of sp³-hybridized carbons (Fsp3) is 0.444. The largest absolute Gasteiger partial charge is 0.497 e. The number of likely N-dealkylation sites (tertiary alicyclic amines) is 1. The van der Waals surface area contributed by atoms with Crippen molar-refractivity contribution in [3.8, 4) is 5.75 Å². The fourth-order valence-electron chi connectivity index (χ4n) is 2.97. The van der Waals surface area contributed by atoms with Crippen LogP contribution in [-0.2, 0) is 11.3 Å². The number of nitrogens with zero attached hydrogens (tertiary/aromatic N) is 3. The number of nitrogens with one attached hydrogen (secondary N) is 1. The molecule has 2 heterocycles. The van der Waals surface area contributed by atoms with Crippen LogP contribution in [0.25, 0.3) is 0 Å². The SMILES string of the molecule is COc1cccc(CN2CCC(NC(=O)c3nnc(C)o3)CCC2=O)c1. The molecule has 1 aliphatic rings. The summed E-state index contributed by atoms with van der Waals surface area (Å²) in [4.78, 5) is 26.4. The third-order valence-corrected chi connectivity index (χ3v) is 4.37. The standard InChI is InChI=1S/C18H22N4O4/c1-12-20-21-18(26-12)17(24)19-14-6-7-16(23)22(9-8-14)11-13-4-3-5-15(10-13)25-2/h3-5,10,14H,6-9,11H2,1-2H3,(H,19,24). The maximum absolute atomic E-state index is 12.4. The topological polar surface area (TPSA) is 97.6 Å². The van der Waals surface area contributed by atoms with Gasteiger partial charge in [0, 0.05) is 32.5 Å². The molecule has 1 aromatic heterocycles. The molecule has 138 valence electrons. The maximum atomic E-state index is 12.4. The Hall–Kier alpha value is -2.90. The highest BCUT2D eigenvalue weighted by Crippen LogP contribution is 2.18. The lowest BCUT2D eigenvalue weighted by molar-refractivity contribution is -0.131. The number of amides is 2. The quantitative estimate of drug-likeness (QED) is 0.874. The number of carbonyl (C=O) groups is 2. The van der Waals surface area contributed by atoms with E-state index in [2.05, 4.69) is 15.5 Å². The van der Waals surface area contributed by atoms with Gasteiger partial charge in [0.05, 0.1) is 7.11 Å². The molecule has 1 N–H and O–H groups in total. The summed E-state index contributed by atoms with van der Waals surface area (Å²) in [7, 11) is 1.62. The number of rotatable bonds is 5. The Kier molecular flexibility index (Phi) is 5.50. The number of benzene rings is 1. The van der Waals surface area contributed by atoms with Gasteiger partial charge in [-0.25, -0.2) is 0 Å². The Morgan fingerprint density at radius 1 is 1.38 bits per heavy atom. The molecule has 0 spiro atoms. The van der Waals surface area contributed by atoms with Crippen LogP contribution in [0.2, 0.25) is 0 Å². The van der Waals surface area contributed by atoms with E-state index in [-0.39, 0.29) is 17.8 Å². The first kappa shape index (κ1) is 17.9. The van der Waals surface area contributed by atoms with E-state index in [0.29, 0.717) is 38.2 Å². The zero-order valence-corrected chi connectivity index (χ0v) is 14.9. The highest BCUT2D eigenvalue weighted by Gasteiger charge is 2.25. The minimum atomic E-state index is -0.399.